The first-order chi connectivity index (χ1) is 9.20. The highest BCUT2D eigenvalue weighted by atomic mass is 16.5. The topological polar surface area (TPSA) is 64.3 Å². The fourth-order valence-corrected chi connectivity index (χ4v) is 2.83. The van der Waals surface area contributed by atoms with Crippen molar-refractivity contribution in [3.63, 3.8) is 0 Å². The van der Waals surface area contributed by atoms with Crippen molar-refractivity contribution in [2.45, 2.75) is 37.6 Å². The van der Waals surface area contributed by atoms with Crippen molar-refractivity contribution >= 4 is 5.91 Å². The molecule has 1 aliphatic rings. The van der Waals surface area contributed by atoms with Gasteiger partial charge in [-0.2, -0.15) is 0 Å². The second kappa shape index (κ2) is 6.06. The Bertz CT molecular complexity index is 422. The van der Waals surface area contributed by atoms with Crippen LogP contribution in [0.3, 0.4) is 0 Å². The number of ether oxygens (including phenoxy) is 1. The lowest BCUT2D eigenvalue weighted by molar-refractivity contribution is -0.122. The zero-order valence-electron chi connectivity index (χ0n) is 11.4. The van der Waals surface area contributed by atoms with Gasteiger partial charge in [0.05, 0.1) is 12.6 Å². The van der Waals surface area contributed by atoms with Gasteiger partial charge in [0.15, 0.2) is 0 Å². The molecular weight excluding hydrogens is 240 g/mol. The van der Waals surface area contributed by atoms with Gasteiger partial charge in [0.25, 0.3) is 0 Å². The molecular formula is C15H22N2O2. The molecule has 1 saturated carbocycles. The molecule has 3 N–H and O–H groups in total. The molecule has 0 atom stereocenters. The zero-order chi connectivity index (χ0) is 13.7. The van der Waals surface area contributed by atoms with Gasteiger partial charge in [0.1, 0.15) is 5.75 Å². The van der Waals surface area contributed by atoms with Crippen LogP contribution in [-0.2, 0) is 10.3 Å². The number of benzene rings is 1. The smallest absolute Gasteiger partial charge is 0.221 e. The lowest BCUT2D eigenvalue weighted by Gasteiger charge is -2.31. The summed E-state index contributed by atoms with van der Waals surface area (Å²) in [5, 5.41) is 3.19. The molecule has 0 unspecified atom stereocenters. The molecule has 0 spiro atoms. The van der Waals surface area contributed by atoms with Gasteiger partial charge in [-0.25, -0.2) is 0 Å². The first-order valence-electron chi connectivity index (χ1n) is 6.86. The van der Waals surface area contributed by atoms with E-state index in [0.29, 0.717) is 13.0 Å². The molecule has 0 heterocycles. The normalized spacial score (nSPS) is 17.2. The molecule has 104 valence electrons. The average Bonchev–Trinajstić information content (AvgIpc) is 2.89. The van der Waals surface area contributed by atoms with E-state index < -0.39 is 0 Å². The predicted molar refractivity (Wildman–Crippen MR) is 75.0 cm³/mol. The third-order valence-electron chi connectivity index (χ3n) is 3.85. The van der Waals surface area contributed by atoms with Crippen LogP contribution in [0.15, 0.2) is 24.3 Å². The number of nitrogens with two attached hydrogens (primary N) is 1. The highest BCUT2D eigenvalue weighted by Crippen LogP contribution is 2.39. The minimum absolute atomic E-state index is 0.0419. The van der Waals surface area contributed by atoms with E-state index in [4.69, 9.17) is 10.5 Å². The molecule has 0 aliphatic heterocycles. The molecule has 1 amide bonds. The van der Waals surface area contributed by atoms with Gasteiger partial charge >= 0.3 is 0 Å². The van der Waals surface area contributed by atoms with Crippen LogP contribution in [0, 0.1) is 0 Å². The van der Waals surface area contributed by atoms with Crippen molar-refractivity contribution in [2.75, 3.05) is 13.7 Å². The lowest BCUT2D eigenvalue weighted by Crippen LogP contribution is -2.44. The quantitative estimate of drug-likeness (QED) is 0.852. The van der Waals surface area contributed by atoms with Crippen LogP contribution in [0.5, 0.6) is 5.75 Å². The monoisotopic (exact) mass is 262 g/mol. The summed E-state index contributed by atoms with van der Waals surface area (Å²) in [7, 11) is 1.66. The lowest BCUT2D eigenvalue weighted by atomic mass is 9.88. The van der Waals surface area contributed by atoms with Gasteiger partial charge in [0.2, 0.25) is 5.91 Å². The molecule has 0 radical (unpaired) electrons. The maximum absolute atomic E-state index is 11.9. The zero-order valence-corrected chi connectivity index (χ0v) is 11.4. The molecule has 19 heavy (non-hydrogen) atoms. The minimum atomic E-state index is -0.210. The van der Waals surface area contributed by atoms with Crippen molar-refractivity contribution in [3.05, 3.63) is 29.8 Å². The minimum Gasteiger partial charge on any atom is -0.497 e. The summed E-state index contributed by atoms with van der Waals surface area (Å²) >= 11 is 0. The van der Waals surface area contributed by atoms with Crippen LogP contribution in [-0.4, -0.2) is 19.6 Å². The molecule has 1 fully saturated rings. The van der Waals surface area contributed by atoms with Crippen LogP contribution < -0.4 is 15.8 Å². The summed E-state index contributed by atoms with van der Waals surface area (Å²) in [6.45, 7) is 0.393. The average molecular weight is 262 g/mol. The van der Waals surface area contributed by atoms with E-state index in [1.807, 2.05) is 24.3 Å². The van der Waals surface area contributed by atoms with Gasteiger partial charge in [-0.15, -0.1) is 0 Å². The number of nitrogens with one attached hydrogen (secondary N) is 1. The second-order valence-corrected chi connectivity index (χ2v) is 5.10. The van der Waals surface area contributed by atoms with Crippen LogP contribution >= 0.6 is 0 Å². The Hall–Kier alpha value is -1.55. The Morgan fingerprint density at radius 3 is 2.47 bits per heavy atom. The van der Waals surface area contributed by atoms with E-state index >= 15 is 0 Å². The van der Waals surface area contributed by atoms with Crippen molar-refractivity contribution in [1.29, 1.82) is 0 Å². The molecule has 0 bridgehead atoms. The van der Waals surface area contributed by atoms with Crippen molar-refractivity contribution in [2.24, 2.45) is 5.73 Å². The standard InChI is InChI=1S/C15H22N2O2/c1-19-13-6-4-12(5-7-13)15(9-2-3-10-15)17-14(18)8-11-16/h4-7H,2-3,8-11,16H2,1H3,(H,17,18). The number of carbonyl (C=O) groups excluding carboxylic acids is 1. The molecule has 4 heteroatoms. The van der Waals surface area contributed by atoms with E-state index in [1.165, 1.54) is 0 Å². The number of rotatable bonds is 5. The Balaban J connectivity index is 2.20. The van der Waals surface area contributed by atoms with E-state index in [-0.39, 0.29) is 11.4 Å². The number of methoxy groups -OCH3 is 1. The highest BCUT2D eigenvalue weighted by molar-refractivity contribution is 5.77. The molecule has 4 nitrogen and oxygen atoms in total. The number of hydrogen-bond donors (Lipinski definition) is 2. The summed E-state index contributed by atoms with van der Waals surface area (Å²) in [5.74, 6) is 0.880. The predicted octanol–water partition coefficient (Wildman–Crippen LogP) is 1.93. The van der Waals surface area contributed by atoms with Gasteiger partial charge < -0.3 is 15.8 Å². The molecule has 1 aliphatic carbocycles. The van der Waals surface area contributed by atoms with Crippen LogP contribution in [0.25, 0.3) is 0 Å². The molecule has 0 saturated heterocycles. The van der Waals surface area contributed by atoms with Gasteiger partial charge in [-0.3, -0.25) is 4.79 Å². The first-order valence-corrected chi connectivity index (χ1v) is 6.86. The summed E-state index contributed by atoms with van der Waals surface area (Å²) in [5.41, 5.74) is 6.40. The largest absolute Gasteiger partial charge is 0.497 e. The summed E-state index contributed by atoms with van der Waals surface area (Å²) < 4.78 is 5.18. The van der Waals surface area contributed by atoms with E-state index in [9.17, 15) is 4.79 Å². The molecule has 0 aromatic heterocycles. The molecule has 1 aromatic rings. The third-order valence-corrected chi connectivity index (χ3v) is 3.85. The van der Waals surface area contributed by atoms with Gasteiger partial charge in [0, 0.05) is 13.0 Å². The fourth-order valence-electron chi connectivity index (χ4n) is 2.83. The first kappa shape index (κ1) is 13.9. The van der Waals surface area contributed by atoms with Crippen LogP contribution in [0.2, 0.25) is 0 Å². The maximum atomic E-state index is 11.9. The van der Waals surface area contributed by atoms with E-state index in [1.54, 1.807) is 7.11 Å². The highest BCUT2D eigenvalue weighted by Gasteiger charge is 2.36. The van der Waals surface area contributed by atoms with Crippen molar-refractivity contribution in [3.8, 4) is 5.75 Å². The summed E-state index contributed by atoms with van der Waals surface area (Å²) in [6.07, 6.45) is 4.67. The fraction of sp³-hybridized carbons (Fsp3) is 0.533. The summed E-state index contributed by atoms with van der Waals surface area (Å²) in [4.78, 5) is 11.9. The Labute approximate surface area is 114 Å². The number of carbonyl (C=O) groups is 1. The Morgan fingerprint density at radius 1 is 1.32 bits per heavy atom. The third kappa shape index (κ3) is 3.07. The van der Waals surface area contributed by atoms with Crippen molar-refractivity contribution in [1.82, 2.24) is 5.32 Å². The summed E-state index contributed by atoms with van der Waals surface area (Å²) in [6, 6.07) is 7.99. The number of amides is 1. The van der Waals surface area contributed by atoms with Gasteiger partial charge in [-0.1, -0.05) is 25.0 Å². The van der Waals surface area contributed by atoms with E-state index in [0.717, 1.165) is 37.0 Å². The van der Waals surface area contributed by atoms with Crippen LogP contribution in [0.1, 0.15) is 37.7 Å². The SMILES string of the molecule is COc1ccc(C2(NC(=O)CCN)CCCC2)cc1. The Morgan fingerprint density at radius 2 is 1.95 bits per heavy atom. The molecule has 1 aromatic carbocycles. The van der Waals surface area contributed by atoms with Crippen molar-refractivity contribution < 1.29 is 9.53 Å². The second-order valence-electron chi connectivity index (χ2n) is 5.10. The molecule has 2 rings (SSSR count). The van der Waals surface area contributed by atoms with E-state index in [2.05, 4.69) is 5.32 Å². The van der Waals surface area contributed by atoms with Crippen LogP contribution in [0.4, 0.5) is 0 Å². The maximum Gasteiger partial charge on any atom is 0.221 e. The van der Waals surface area contributed by atoms with Gasteiger partial charge in [-0.05, 0) is 30.5 Å². The number of hydrogen-bond acceptors (Lipinski definition) is 3. The Kier molecular flexibility index (Phi) is 4.43.